The number of anilines is 1. The normalized spacial score (nSPS) is 30.1. The molecule has 0 aliphatic heterocycles. The number of fused-ring (bicyclic) bond motifs is 1. The zero-order chi connectivity index (χ0) is 20.7. The van der Waals surface area contributed by atoms with Crippen molar-refractivity contribution in [3.63, 3.8) is 0 Å². The standard InChI is InChI=1S/C24H23N5O/c1-14-20(17-10-27-29(2)11-17)21(14)22(30)28-19-8-16-7-18(4-3-15(16)9-26-19)24(13-25)12-23(24)5-6-23/h3-4,7-11,14,20-21H,5-6,12H2,1-2H3,(H,26,28,30)/t14-,20-,21-,24-/m0/s1. The van der Waals surface area contributed by atoms with Gasteiger partial charge in [-0.05, 0) is 59.2 Å². The summed E-state index contributed by atoms with van der Waals surface area (Å²) in [5.41, 5.74) is 2.14. The van der Waals surface area contributed by atoms with Gasteiger partial charge in [0.15, 0.2) is 0 Å². The SMILES string of the molecule is C[C@@H]1[C@H](C(=O)Nc2cc3cc([C@@]4(C#N)CC45CC5)ccc3cn2)[C@@H]1c1cnn(C)c1. The largest absolute Gasteiger partial charge is 0.310 e. The molecule has 30 heavy (non-hydrogen) atoms. The second kappa shape index (κ2) is 5.69. The van der Waals surface area contributed by atoms with Crippen LogP contribution in [0.3, 0.4) is 0 Å². The van der Waals surface area contributed by atoms with Crippen LogP contribution < -0.4 is 5.32 Å². The molecular weight excluding hydrogens is 374 g/mol. The quantitative estimate of drug-likeness (QED) is 0.724. The Hall–Kier alpha value is -3.20. The summed E-state index contributed by atoms with van der Waals surface area (Å²) in [6.07, 6.45) is 8.93. The van der Waals surface area contributed by atoms with Crippen molar-refractivity contribution < 1.29 is 4.79 Å². The van der Waals surface area contributed by atoms with E-state index in [0.29, 0.717) is 11.7 Å². The van der Waals surface area contributed by atoms with Gasteiger partial charge < -0.3 is 5.32 Å². The number of nitrogens with one attached hydrogen (secondary N) is 1. The van der Waals surface area contributed by atoms with E-state index in [2.05, 4.69) is 40.5 Å². The van der Waals surface area contributed by atoms with Crippen molar-refractivity contribution in [1.29, 1.82) is 5.26 Å². The minimum Gasteiger partial charge on any atom is -0.310 e. The molecule has 3 aliphatic rings. The number of nitrogens with zero attached hydrogens (tertiary/aromatic N) is 4. The molecule has 0 bridgehead atoms. The second-order valence-electron chi connectivity index (χ2n) is 9.45. The Labute approximate surface area is 174 Å². The number of pyridine rings is 1. The Morgan fingerprint density at radius 3 is 2.77 bits per heavy atom. The molecule has 1 amide bonds. The van der Waals surface area contributed by atoms with Crippen molar-refractivity contribution in [3.8, 4) is 6.07 Å². The predicted molar refractivity (Wildman–Crippen MR) is 113 cm³/mol. The number of rotatable bonds is 4. The lowest BCUT2D eigenvalue weighted by atomic mass is 9.92. The molecule has 3 fully saturated rings. The third-order valence-electron chi connectivity index (χ3n) is 7.69. The predicted octanol–water partition coefficient (Wildman–Crippen LogP) is 3.90. The van der Waals surface area contributed by atoms with Crippen LogP contribution in [0.25, 0.3) is 10.8 Å². The Morgan fingerprint density at radius 2 is 2.10 bits per heavy atom. The molecule has 1 spiro atoms. The fourth-order valence-corrected chi connectivity index (χ4v) is 5.52. The monoisotopic (exact) mass is 397 g/mol. The van der Waals surface area contributed by atoms with Crippen LogP contribution in [0.5, 0.6) is 0 Å². The highest BCUT2D eigenvalue weighted by Crippen LogP contribution is 2.78. The van der Waals surface area contributed by atoms with Gasteiger partial charge in [0, 0.05) is 36.7 Å². The summed E-state index contributed by atoms with van der Waals surface area (Å²) < 4.78 is 1.78. The van der Waals surface area contributed by atoms with Gasteiger partial charge >= 0.3 is 0 Å². The second-order valence-corrected chi connectivity index (χ2v) is 9.45. The van der Waals surface area contributed by atoms with Crippen LogP contribution in [0.1, 0.15) is 43.2 Å². The molecule has 0 unspecified atom stereocenters. The first-order valence-electron chi connectivity index (χ1n) is 10.6. The number of aromatic nitrogens is 3. The maximum atomic E-state index is 12.9. The summed E-state index contributed by atoms with van der Waals surface area (Å²) in [6.45, 7) is 2.10. The zero-order valence-electron chi connectivity index (χ0n) is 17.1. The van der Waals surface area contributed by atoms with Crippen molar-refractivity contribution in [2.75, 3.05) is 5.32 Å². The lowest BCUT2D eigenvalue weighted by molar-refractivity contribution is -0.117. The van der Waals surface area contributed by atoms with Gasteiger partial charge in [-0.25, -0.2) is 4.98 Å². The minimum atomic E-state index is -0.311. The first kappa shape index (κ1) is 17.6. The van der Waals surface area contributed by atoms with Gasteiger partial charge in [0.25, 0.3) is 0 Å². The fraction of sp³-hybridized carbons (Fsp3) is 0.417. The van der Waals surface area contributed by atoms with Crippen molar-refractivity contribution in [2.45, 2.75) is 37.5 Å². The smallest absolute Gasteiger partial charge is 0.229 e. The number of amides is 1. The highest BCUT2D eigenvalue weighted by atomic mass is 16.2. The van der Waals surface area contributed by atoms with Crippen LogP contribution >= 0.6 is 0 Å². The first-order chi connectivity index (χ1) is 14.5. The van der Waals surface area contributed by atoms with Crippen LogP contribution in [0.15, 0.2) is 42.9 Å². The van der Waals surface area contributed by atoms with E-state index in [9.17, 15) is 10.1 Å². The number of hydrogen-bond acceptors (Lipinski definition) is 4. The molecule has 1 aromatic carbocycles. The van der Waals surface area contributed by atoms with Crippen molar-refractivity contribution in [3.05, 3.63) is 54.0 Å². The zero-order valence-corrected chi connectivity index (χ0v) is 17.1. The average molecular weight is 397 g/mol. The third kappa shape index (κ3) is 2.38. The number of hydrogen-bond donors (Lipinski definition) is 1. The molecule has 3 aliphatic carbocycles. The maximum Gasteiger partial charge on any atom is 0.229 e. The molecule has 0 radical (unpaired) electrons. The van der Waals surface area contributed by atoms with E-state index in [0.717, 1.165) is 41.2 Å². The van der Waals surface area contributed by atoms with Crippen LogP contribution in [0, 0.1) is 28.6 Å². The van der Waals surface area contributed by atoms with E-state index in [1.165, 1.54) is 0 Å². The van der Waals surface area contributed by atoms with Gasteiger partial charge in [0.2, 0.25) is 5.91 Å². The van der Waals surface area contributed by atoms with Crippen LogP contribution in [-0.4, -0.2) is 20.7 Å². The van der Waals surface area contributed by atoms with E-state index in [4.69, 9.17) is 0 Å². The summed E-state index contributed by atoms with van der Waals surface area (Å²) in [4.78, 5) is 17.3. The molecule has 4 atom stereocenters. The van der Waals surface area contributed by atoms with Gasteiger partial charge in [-0.1, -0.05) is 19.1 Å². The topological polar surface area (TPSA) is 83.6 Å². The molecule has 3 saturated carbocycles. The highest BCUT2D eigenvalue weighted by Gasteiger charge is 2.75. The molecule has 2 heterocycles. The third-order valence-corrected chi connectivity index (χ3v) is 7.69. The fourth-order valence-electron chi connectivity index (χ4n) is 5.52. The van der Waals surface area contributed by atoms with E-state index in [1.54, 1.807) is 10.9 Å². The van der Waals surface area contributed by atoms with Crippen LogP contribution in [0.2, 0.25) is 0 Å². The summed E-state index contributed by atoms with van der Waals surface area (Å²) >= 11 is 0. The van der Waals surface area contributed by atoms with Gasteiger partial charge in [-0.15, -0.1) is 0 Å². The Bertz CT molecular complexity index is 1250. The molecular formula is C24H23N5O. The highest BCUT2D eigenvalue weighted by molar-refractivity contribution is 5.96. The number of carbonyl (C=O) groups is 1. The maximum absolute atomic E-state index is 12.9. The molecule has 6 nitrogen and oxygen atoms in total. The number of aryl methyl sites for hydroxylation is 1. The van der Waals surface area contributed by atoms with Gasteiger partial charge in [-0.3, -0.25) is 9.48 Å². The van der Waals surface area contributed by atoms with Gasteiger partial charge in [0.05, 0.1) is 17.7 Å². The van der Waals surface area contributed by atoms with Gasteiger partial charge in [0.1, 0.15) is 5.82 Å². The summed E-state index contributed by atoms with van der Waals surface area (Å²) in [6, 6.07) is 10.7. The molecule has 1 N–H and O–H groups in total. The molecule has 150 valence electrons. The average Bonchev–Trinajstić information content (AvgIpc) is 3.69. The number of nitriles is 1. The molecule has 2 aromatic heterocycles. The van der Waals surface area contributed by atoms with E-state index >= 15 is 0 Å². The van der Waals surface area contributed by atoms with Crippen LogP contribution in [-0.2, 0) is 17.3 Å². The van der Waals surface area contributed by atoms with Crippen molar-refractivity contribution >= 4 is 22.5 Å². The lowest BCUT2D eigenvalue weighted by Gasteiger charge is -2.11. The summed E-state index contributed by atoms with van der Waals surface area (Å²) in [5.74, 6) is 1.02. The van der Waals surface area contributed by atoms with Crippen molar-refractivity contribution in [1.82, 2.24) is 14.8 Å². The number of carbonyl (C=O) groups excluding carboxylic acids is 1. The lowest BCUT2D eigenvalue weighted by Crippen LogP contribution is -2.16. The van der Waals surface area contributed by atoms with E-state index in [-0.39, 0.29) is 28.6 Å². The van der Waals surface area contributed by atoms with E-state index < -0.39 is 0 Å². The molecule has 3 aromatic rings. The Morgan fingerprint density at radius 1 is 1.27 bits per heavy atom. The van der Waals surface area contributed by atoms with Gasteiger partial charge in [-0.2, -0.15) is 10.4 Å². The number of benzene rings is 1. The minimum absolute atomic E-state index is 0.00646. The first-order valence-corrected chi connectivity index (χ1v) is 10.6. The Balaban J connectivity index is 1.24. The summed E-state index contributed by atoms with van der Waals surface area (Å²) in [7, 11) is 1.89. The van der Waals surface area contributed by atoms with Crippen molar-refractivity contribution in [2.24, 2.45) is 24.3 Å². The molecule has 6 heteroatoms. The molecule has 6 rings (SSSR count). The molecule has 0 saturated heterocycles. The van der Waals surface area contributed by atoms with Crippen LogP contribution in [0.4, 0.5) is 5.82 Å². The summed E-state index contributed by atoms with van der Waals surface area (Å²) in [5, 5.41) is 19.1. The van der Waals surface area contributed by atoms with E-state index in [1.807, 2.05) is 31.6 Å². The Kier molecular flexibility index (Phi) is 3.35.